The first-order valence-electron chi connectivity index (χ1n) is 5.63. The van der Waals surface area contributed by atoms with Crippen LogP contribution in [0.1, 0.15) is 19.8 Å². The number of aromatic nitrogens is 2. The summed E-state index contributed by atoms with van der Waals surface area (Å²) in [7, 11) is 1.58. The Balaban J connectivity index is 2.52. The van der Waals surface area contributed by atoms with Crippen LogP contribution in [0.3, 0.4) is 0 Å². The Bertz CT molecular complexity index is 434. The van der Waals surface area contributed by atoms with E-state index in [-0.39, 0.29) is 0 Å². The van der Waals surface area contributed by atoms with Gasteiger partial charge in [-0.15, -0.1) is 0 Å². The lowest BCUT2D eigenvalue weighted by Crippen LogP contribution is -2.39. The Morgan fingerprint density at radius 3 is 2.62 bits per heavy atom. The molecule has 0 aliphatic rings. The molecule has 0 unspecified atom stereocenters. The Labute approximate surface area is 94.7 Å². The van der Waals surface area contributed by atoms with Gasteiger partial charge in [0.2, 0.25) is 0 Å². The minimum absolute atomic E-state index is 0.437. The second-order valence-corrected chi connectivity index (χ2v) is 3.77. The first-order chi connectivity index (χ1) is 7.66. The van der Waals surface area contributed by atoms with E-state index in [0.717, 1.165) is 25.9 Å². The highest BCUT2D eigenvalue weighted by Gasteiger charge is 2.01. The van der Waals surface area contributed by atoms with Crippen molar-refractivity contribution in [3.63, 3.8) is 0 Å². The Hall–Kier alpha value is -1.36. The maximum Gasteiger partial charge on any atom is 0.316 e. The minimum Gasteiger partial charge on any atom is -0.317 e. The SMILES string of the molecule is CCNCCCCn1ccn(C)c(=O)c1=O. The van der Waals surface area contributed by atoms with Gasteiger partial charge in [0.1, 0.15) is 0 Å². The van der Waals surface area contributed by atoms with Gasteiger partial charge in [0, 0.05) is 26.0 Å². The lowest BCUT2D eigenvalue weighted by atomic mass is 10.3. The fourth-order valence-corrected chi connectivity index (χ4v) is 1.47. The fraction of sp³-hybridized carbons (Fsp3) is 0.636. The summed E-state index contributed by atoms with van der Waals surface area (Å²) in [6.07, 6.45) is 5.20. The van der Waals surface area contributed by atoms with Crippen molar-refractivity contribution in [2.45, 2.75) is 26.3 Å². The molecule has 0 spiro atoms. The van der Waals surface area contributed by atoms with Crippen LogP contribution in [0, 0.1) is 0 Å². The molecule has 0 saturated heterocycles. The predicted octanol–water partition coefficient (Wildman–Crippen LogP) is -0.0633. The van der Waals surface area contributed by atoms with Gasteiger partial charge in [-0.2, -0.15) is 0 Å². The van der Waals surface area contributed by atoms with E-state index in [1.54, 1.807) is 19.4 Å². The van der Waals surface area contributed by atoms with Gasteiger partial charge in [-0.1, -0.05) is 6.92 Å². The molecule has 0 aliphatic carbocycles. The zero-order valence-corrected chi connectivity index (χ0v) is 9.90. The summed E-state index contributed by atoms with van der Waals surface area (Å²) in [5, 5.41) is 3.22. The van der Waals surface area contributed by atoms with E-state index in [1.807, 2.05) is 0 Å². The molecule has 1 N–H and O–H groups in total. The van der Waals surface area contributed by atoms with Crippen molar-refractivity contribution in [1.29, 1.82) is 0 Å². The molecule has 0 saturated carbocycles. The largest absolute Gasteiger partial charge is 0.317 e. The molecule has 1 rings (SSSR count). The first-order valence-corrected chi connectivity index (χ1v) is 5.63. The van der Waals surface area contributed by atoms with Crippen molar-refractivity contribution >= 4 is 0 Å². The average Bonchev–Trinajstić information content (AvgIpc) is 2.28. The zero-order valence-electron chi connectivity index (χ0n) is 9.90. The van der Waals surface area contributed by atoms with Crippen LogP contribution in [-0.2, 0) is 13.6 Å². The molecule has 5 heteroatoms. The molecule has 0 aromatic carbocycles. The molecule has 0 radical (unpaired) electrons. The third-order valence-corrected chi connectivity index (χ3v) is 2.49. The van der Waals surface area contributed by atoms with Crippen molar-refractivity contribution in [2.75, 3.05) is 13.1 Å². The first kappa shape index (κ1) is 12.7. The van der Waals surface area contributed by atoms with Gasteiger partial charge in [0.25, 0.3) is 0 Å². The van der Waals surface area contributed by atoms with Crippen molar-refractivity contribution in [1.82, 2.24) is 14.5 Å². The Kier molecular flexibility index (Phi) is 4.98. The number of nitrogens with zero attached hydrogens (tertiary/aromatic N) is 2. The Morgan fingerprint density at radius 2 is 1.94 bits per heavy atom. The Morgan fingerprint density at radius 1 is 1.19 bits per heavy atom. The number of rotatable bonds is 6. The maximum absolute atomic E-state index is 11.5. The van der Waals surface area contributed by atoms with E-state index in [9.17, 15) is 9.59 Å². The van der Waals surface area contributed by atoms with Crippen LogP contribution in [0.5, 0.6) is 0 Å². The lowest BCUT2D eigenvalue weighted by molar-refractivity contribution is 0.556. The molecule has 1 aromatic rings. The molecule has 1 aromatic heterocycles. The second kappa shape index (κ2) is 6.27. The molecule has 0 amide bonds. The van der Waals surface area contributed by atoms with Crippen LogP contribution in [-0.4, -0.2) is 22.2 Å². The fourth-order valence-electron chi connectivity index (χ4n) is 1.47. The summed E-state index contributed by atoms with van der Waals surface area (Å²) in [5.41, 5.74) is -0.900. The topological polar surface area (TPSA) is 56.0 Å². The van der Waals surface area contributed by atoms with Crippen LogP contribution >= 0.6 is 0 Å². The van der Waals surface area contributed by atoms with Crippen molar-refractivity contribution in [2.24, 2.45) is 7.05 Å². The van der Waals surface area contributed by atoms with E-state index in [2.05, 4.69) is 12.2 Å². The lowest BCUT2D eigenvalue weighted by Gasteiger charge is -2.06. The third kappa shape index (κ3) is 3.34. The maximum atomic E-state index is 11.5. The van der Waals surface area contributed by atoms with Crippen molar-refractivity contribution in [3.8, 4) is 0 Å². The number of aryl methyl sites for hydroxylation is 2. The molecule has 16 heavy (non-hydrogen) atoms. The highest BCUT2D eigenvalue weighted by atomic mass is 16.2. The highest BCUT2D eigenvalue weighted by molar-refractivity contribution is 4.84. The highest BCUT2D eigenvalue weighted by Crippen LogP contribution is 1.90. The van der Waals surface area contributed by atoms with Crippen LogP contribution in [0.4, 0.5) is 0 Å². The van der Waals surface area contributed by atoms with Crippen molar-refractivity contribution in [3.05, 3.63) is 33.1 Å². The molecule has 90 valence electrons. The summed E-state index contributed by atoms with van der Waals surface area (Å²) in [5.74, 6) is 0. The molecule has 5 nitrogen and oxygen atoms in total. The molecule has 0 bridgehead atoms. The molecule has 1 heterocycles. The monoisotopic (exact) mass is 225 g/mol. The van der Waals surface area contributed by atoms with Gasteiger partial charge in [-0.25, -0.2) is 0 Å². The molecular formula is C11H19N3O2. The summed E-state index contributed by atoms with van der Waals surface area (Å²) in [6, 6.07) is 0. The molecular weight excluding hydrogens is 206 g/mol. The van der Waals surface area contributed by atoms with Gasteiger partial charge in [-0.05, 0) is 25.9 Å². The van der Waals surface area contributed by atoms with Gasteiger partial charge in [0.15, 0.2) is 0 Å². The third-order valence-electron chi connectivity index (χ3n) is 2.49. The van der Waals surface area contributed by atoms with E-state index in [1.165, 1.54) is 9.13 Å². The molecule has 0 aliphatic heterocycles. The van der Waals surface area contributed by atoms with Crippen LogP contribution < -0.4 is 16.4 Å². The predicted molar refractivity (Wildman–Crippen MR) is 63.7 cm³/mol. The van der Waals surface area contributed by atoms with Crippen LogP contribution in [0.15, 0.2) is 22.0 Å². The summed E-state index contributed by atoms with van der Waals surface area (Å²) >= 11 is 0. The summed E-state index contributed by atoms with van der Waals surface area (Å²) in [4.78, 5) is 22.9. The standard InChI is InChI=1S/C11H19N3O2/c1-3-12-6-4-5-7-14-9-8-13(2)10(15)11(14)16/h8-9,12H,3-7H2,1-2H3. The van der Waals surface area contributed by atoms with Gasteiger partial charge in [0.05, 0.1) is 0 Å². The van der Waals surface area contributed by atoms with Gasteiger partial charge >= 0.3 is 11.1 Å². The van der Waals surface area contributed by atoms with E-state index in [4.69, 9.17) is 0 Å². The number of unbranched alkanes of at least 4 members (excludes halogenated alkanes) is 1. The normalized spacial score (nSPS) is 10.6. The van der Waals surface area contributed by atoms with Gasteiger partial charge < -0.3 is 14.5 Å². The van der Waals surface area contributed by atoms with Crippen LogP contribution in [0.2, 0.25) is 0 Å². The number of nitrogens with one attached hydrogen (secondary N) is 1. The zero-order chi connectivity index (χ0) is 12.0. The minimum atomic E-state index is -0.464. The molecule has 0 atom stereocenters. The summed E-state index contributed by atoms with van der Waals surface area (Å²) in [6.45, 7) is 4.59. The number of hydrogen-bond acceptors (Lipinski definition) is 3. The number of hydrogen-bond donors (Lipinski definition) is 1. The molecule has 0 fully saturated rings. The average molecular weight is 225 g/mol. The second-order valence-electron chi connectivity index (χ2n) is 3.77. The van der Waals surface area contributed by atoms with E-state index < -0.39 is 11.1 Å². The van der Waals surface area contributed by atoms with E-state index >= 15 is 0 Å². The van der Waals surface area contributed by atoms with Crippen molar-refractivity contribution < 1.29 is 0 Å². The quantitative estimate of drug-likeness (QED) is 0.545. The van der Waals surface area contributed by atoms with Crippen LogP contribution in [0.25, 0.3) is 0 Å². The smallest absolute Gasteiger partial charge is 0.316 e. The van der Waals surface area contributed by atoms with E-state index in [0.29, 0.717) is 6.54 Å². The summed E-state index contributed by atoms with van der Waals surface area (Å²) < 4.78 is 2.78. The van der Waals surface area contributed by atoms with Gasteiger partial charge in [-0.3, -0.25) is 9.59 Å².